The minimum atomic E-state index is -0.425. The van der Waals surface area contributed by atoms with Crippen molar-refractivity contribution in [3.05, 3.63) is 46.2 Å². The van der Waals surface area contributed by atoms with Gasteiger partial charge in [-0.15, -0.1) is 0 Å². The number of aromatic amines is 1. The van der Waals surface area contributed by atoms with E-state index in [0.29, 0.717) is 47.9 Å². The molecular formula is C25H33N5O5. The van der Waals surface area contributed by atoms with Crippen molar-refractivity contribution < 1.29 is 18.9 Å². The number of H-pyrrole nitrogens is 1. The van der Waals surface area contributed by atoms with Crippen molar-refractivity contribution in [2.75, 3.05) is 61.1 Å². The number of aliphatic imine (C=N–C) groups is 1. The first-order valence-electron chi connectivity index (χ1n) is 11.1. The molecule has 0 radical (unpaired) electrons. The molecule has 0 aliphatic heterocycles. The summed E-state index contributed by atoms with van der Waals surface area (Å²) < 4.78 is 21.5. The lowest BCUT2D eigenvalue weighted by atomic mass is 10.2. The van der Waals surface area contributed by atoms with E-state index in [2.05, 4.69) is 9.97 Å². The van der Waals surface area contributed by atoms with E-state index in [4.69, 9.17) is 23.9 Å². The highest BCUT2D eigenvalue weighted by molar-refractivity contribution is 5.90. The summed E-state index contributed by atoms with van der Waals surface area (Å²) in [5.41, 5.74) is 1.97. The van der Waals surface area contributed by atoms with Crippen molar-refractivity contribution in [3.63, 3.8) is 0 Å². The number of methoxy groups -OCH3 is 4. The standard InChI is InChI=1S/C25H33N5O5/c1-29(2)20(11-12-32-4)26-17-10-8-9-16(13-17)15-30(3)25-27-18-14-19(33-5)22(34-6)23(35-7)21(18)24(31)28-25/h8-10,13-14H,11-12,15H2,1-7H3,(H,27,28,31)/b26-20-. The first-order chi connectivity index (χ1) is 16.8. The highest BCUT2D eigenvalue weighted by atomic mass is 16.5. The average Bonchev–Trinajstić information content (AvgIpc) is 2.85. The second-order valence-corrected chi connectivity index (χ2v) is 8.12. The Morgan fingerprint density at radius 1 is 1.03 bits per heavy atom. The number of hydrogen-bond acceptors (Lipinski definition) is 8. The molecule has 35 heavy (non-hydrogen) atoms. The molecule has 0 amide bonds. The predicted molar refractivity (Wildman–Crippen MR) is 138 cm³/mol. The van der Waals surface area contributed by atoms with E-state index < -0.39 is 5.56 Å². The highest BCUT2D eigenvalue weighted by Crippen LogP contribution is 2.41. The summed E-state index contributed by atoms with van der Waals surface area (Å²) in [6, 6.07) is 9.65. The van der Waals surface area contributed by atoms with E-state index in [-0.39, 0.29) is 5.75 Å². The number of ether oxygens (including phenoxy) is 4. The molecule has 1 heterocycles. The van der Waals surface area contributed by atoms with Crippen LogP contribution in [0.5, 0.6) is 17.2 Å². The van der Waals surface area contributed by atoms with Gasteiger partial charge in [0.05, 0.1) is 39.1 Å². The van der Waals surface area contributed by atoms with Crippen molar-refractivity contribution in [2.24, 2.45) is 4.99 Å². The van der Waals surface area contributed by atoms with Crippen LogP contribution < -0.4 is 24.7 Å². The lowest BCUT2D eigenvalue weighted by molar-refractivity contribution is 0.205. The van der Waals surface area contributed by atoms with Crippen molar-refractivity contribution in [1.82, 2.24) is 14.9 Å². The van der Waals surface area contributed by atoms with E-state index in [0.717, 1.165) is 17.1 Å². The van der Waals surface area contributed by atoms with Crippen LogP contribution in [0.2, 0.25) is 0 Å². The quantitative estimate of drug-likeness (QED) is 0.347. The number of nitrogens with zero attached hydrogens (tertiary/aromatic N) is 4. The minimum absolute atomic E-state index is 0.278. The molecule has 0 aliphatic rings. The van der Waals surface area contributed by atoms with Gasteiger partial charge < -0.3 is 33.7 Å². The Balaban J connectivity index is 1.94. The fourth-order valence-corrected chi connectivity index (χ4v) is 3.74. The van der Waals surface area contributed by atoms with Crippen molar-refractivity contribution >= 4 is 28.4 Å². The van der Waals surface area contributed by atoms with Crippen LogP contribution in [0.15, 0.2) is 40.1 Å². The van der Waals surface area contributed by atoms with Crippen LogP contribution in [0.25, 0.3) is 10.9 Å². The van der Waals surface area contributed by atoms with Gasteiger partial charge in [0.2, 0.25) is 11.7 Å². The van der Waals surface area contributed by atoms with Crippen molar-refractivity contribution in [1.29, 1.82) is 0 Å². The molecule has 1 N–H and O–H groups in total. The number of amidine groups is 1. The molecule has 3 rings (SSSR count). The molecular weight excluding hydrogens is 450 g/mol. The smallest absolute Gasteiger partial charge is 0.286 e. The molecule has 188 valence electrons. The minimum Gasteiger partial charge on any atom is -0.493 e. The molecule has 2 aromatic carbocycles. The Morgan fingerprint density at radius 3 is 2.40 bits per heavy atom. The number of nitrogens with one attached hydrogen (secondary N) is 1. The molecule has 0 saturated heterocycles. The third-order valence-electron chi connectivity index (χ3n) is 5.49. The van der Waals surface area contributed by atoms with E-state index in [1.54, 1.807) is 13.2 Å². The van der Waals surface area contributed by atoms with Gasteiger partial charge in [0.25, 0.3) is 5.56 Å². The summed E-state index contributed by atoms with van der Waals surface area (Å²) in [7, 11) is 12.0. The third kappa shape index (κ3) is 5.83. The molecule has 0 fully saturated rings. The SMILES string of the molecule is COCC/C(=N/c1cccc(CN(C)c2nc(=O)c3c(OC)c(OC)c(OC)cc3[nH]2)c1)N(C)C. The van der Waals surface area contributed by atoms with Gasteiger partial charge in [-0.2, -0.15) is 4.98 Å². The van der Waals surface area contributed by atoms with Crippen LogP contribution in [0, 0.1) is 0 Å². The normalized spacial score (nSPS) is 11.5. The number of anilines is 1. The number of benzene rings is 2. The molecule has 10 nitrogen and oxygen atoms in total. The fourth-order valence-electron chi connectivity index (χ4n) is 3.74. The summed E-state index contributed by atoms with van der Waals surface area (Å²) in [5, 5.41) is 0.297. The van der Waals surface area contributed by atoms with E-state index >= 15 is 0 Å². The molecule has 0 saturated carbocycles. The van der Waals surface area contributed by atoms with Gasteiger partial charge in [-0.3, -0.25) is 4.79 Å². The Kier molecular flexibility index (Phi) is 8.53. The Bertz CT molecular complexity index is 1250. The largest absolute Gasteiger partial charge is 0.493 e. The van der Waals surface area contributed by atoms with Gasteiger partial charge in [0.15, 0.2) is 11.5 Å². The molecule has 0 unspecified atom stereocenters. The molecule has 0 bridgehead atoms. The summed E-state index contributed by atoms with van der Waals surface area (Å²) in [6.07, 6.45) is 0.716. The first kappa shape index (κ1) is 25.8. The zero-order valence-corrected chi connectivity index (χ0v) is 21.3. The van der Waals surface area contributed by atoms with Gasteiger partial charge in [-0.25, -0.2) is 4.99 Å². The topological polar surface area (TPSA) is 102 Å². The van der Waals surface area contributed by atoms with E-state index in [9.17, 15) is 4.79 Å². The van der Waals surface area contributed by atoms with Gasteiger partial charge in [0, 0.05) is 47.3 Å². The van der Waals surface area contributed by atoms with Crippen molar-refractivity contribution in [3.8, 4) is 17.2 Å². The van der Waals surface area contributed by atoms with Gasteiger partial charge in [0.1, 0.15) is 11.2 Å². The van der Waals surface area contributed by atoms with E-state index in [1.165, 1.54) is 21.3 Å². The molecule has 0 spiro atoms. The van der Waals surface area contributed by atoms with Crippen LogP contribution in [-0.4, -0.2) is 76.9 Å². The maximum Gasteiger partial charge on any atom is 0.286 e. The zero-order valence-electron chi connectivity index (χ0n) is 21.3. The Hall–Kier alpha value is -3.79. The summed E-state index contributed by atoms with van der Waals surface area (Å²) >= 11 is 0. The number of hydrogen-bond donors (Lipinski definition) is 1. The Morgan fingerprint density at radius 2 is 1.77 bits per heavy atom. The lowest BCUT2D eigenvalue weighted by Gasteiger charge is -2.20. The van der Waals surface area contributed by atoms with Crippen LogP contribution in [0.1, 0.15) is 12.0 Å². The maximum atomic E-state index is 13.0. The highest BCUT2D eigenvalue weighted by Gasteiger charge is 2.20. The summed E-state index contributed by atoms with van der Waals surface area (Å²) in [5.74, 6) is 2.41. The van der Waals surface area contributed by atoms with Crippen LogP contribution in [0.3, 0.4) is 0 Å². The number of fused-ring (bicyclic) bond motifs is 1. The summed E-state index contributed by atoms with van der Waals surface area (Å²) in [4.78, 5) is 29.1. The number of rotatable bonds is 10. The van der Waals surface area contributed by atoms with Crippen LogP contribution in [0.4, 0.5) is 11.6 Å². The fraction of sp³-hybridized carbons (Fsp3) is 0.400. The van der Waals surface area contributed by atoms with Gasteiger partial charge in [-0.05, 0) is 17.7 Å². The molecule has 1 aromatic heterocycles. The zero-order chi connectivity index (χ0) is 25.5. The number of aromatic nitrogens is 2. The van der Waals surface area contributed by atoms with E-state index in [1.807, 2.05) is 55.2 Å². The molecule has 10 heteroatoms. The molecule has 0 aliphatic carbocycles. The maximum absolute atomic E-state index is 13.0. The lowest BCUT2D eigenvalue weighted by Crippen LogP contribution is -2.23. The third-order valence-corrected chi connectivity index (χ3v) is 5.49. The Labute approximate surface area is 205 Å². The van der Waals surface area contributed by atoms with Gasteiger partial charge in [-0.1, -0.05) is 12.1 Å². The second kappa shape index (κ2) is 11.6. The summed E-state index contributed by atoms with van der Waals surface area (Å²) in [6.45, 7) is 1.11. The second-order valence-electron chi connectivity index (χ2n) is 8.12. The van der Waals surface area contributed by atoms with Gasteiger partial charge >= 0.3 is 0 Å². The molecule has 0 atom stereocenters. The first-order valence-corrected chi connectivity index (χ1v) is 11.1. The predicted octanol–water partition coefficient (Wildman–Crippen LogP) is 3.21. The average molecular weight is 484 g/mol. The van der Waals surface area contributed by atoms with Crippen LogP contribution >= 0.6 is 0 Å². The van der Waals surface area contributed by atoms with Crippen LogP contribution in [-0.2, 0) is 11.3 Å². The molecule has 3 aromatic rings. The van der Waals surface area contributed by atoms with Crippen molar-refractivity contribution in [2.45, 2.75) is 13.0 Å². The monoisotopic (exact) mass is 483 g/mol.